The molecule has 0 rings (SSSR count). The van der Waals surface area contributed by atoms with Gasteiger partial charge >= 0.3 is 15.5 Å². The fourth-order valence-corrected chi connectivity index (χ4v) is 1.11. The third-order valence-corrected chi connectivity index (χ3v) is 2.51. The Morgan fingerprint density at radius 3 is 2.08 bits per heavy atom. The summed E-state index contributed by atoms with van der Waals surface area (Å²) in [6, 6.07) is 0. The van der Waals surface area contributed by atoms with Crippen molar-refractivity contribution in [3.63, 3.8) is 0 Å². The quantitative estimate of drug-likeness (QED) is 0.778. The molecule has 0 atom stereocenters. The predicted molar refractivity (Wildman–Crippen MR) is 42.4 cm³/mol. The lowest BCUT2D eigenvalue weighted by atomic mass is 10.1. The molecule has 0 saturated carbocycles. The molecule has 0 radical (unpaired) electrons. The number of hydrogen-bond acceptors (Lipinski definition) is 2. The number of halogens is 3. The van der Waals surface area contributed by atoms with Crippen LogP contribution in [0.1, 0.15) is 20.3 Å². The third-order valence-electron chi connectivity index (χ3n) is 1.32. The molecule has 0 amide bonds. The number of sulfonamides is 1. The highest BCUT2D eigenvalue weighted by Gasteiger charge is 2.45. The number of alkyl halides is 3. The van der Waals surface area contributed by atoms with Gasteiger partial charge in [0.15, 0.2) is 0 Å². The van der Waals surface area contributed by atoms with E-state index in [0.29, 0.717) is 6.42 Å². The predicted octanol–water partition coefficient (Wildman–Crippen LogP) is 1.47. The van der Waals surface area contributed by atoms with Crippen LogP contribution in [0.15, 0.2) is 0 Å². The standard InChI is InChI=1S/C6H12F3NO2S/c1-5(2)3-4-10-13(11,12)6(7,8)9/h5,10H,3-4H2,1-2H3. The van der Waals surface area contributed by atoms with Crippen LogP contribution in [0.5, 0.6) is 0 Å². The Hall–Kier alpha value is -0.300. The van der Waals surface area contributed by atoms with Crippen LogP contribution >= 0.6 is 0 Å². The van der Waals surface area contributed by atoms with Gasteiger partial charge in [-0.25, -0.2) is 13.1 Å². The fraction of sp³-hybridized carbons (Fsp3) is 1.00. The van der Waals surface area contributed by atoms with Crippen molar-refractivity contribution in [1.82, 2.24) is 4.72 Å². The second kappa shape index (κ2) is 4.28. The van der Waals surface area contributed by atoms with Crippen molar-refractivity contribution < 1.29 is 21.6 Å². The van der Waals surface area contributed by atoms with Crippen LogP contribution in [0.2, 0.25) is 0 Å². The first-order valence-electron chi connectivity index (χ1n) is 3.73. The summed E-state index contributed by atoms with van der Waals surface area (Å²) in [6.45, 7) is 3.41. The molecule has 3 nitrogen and oxygen atoms in total. The summed E-state index contributed by atoms with van der Waals surface area (Å²) in [6.07, 6.45) is 0.384. The Balaban J connectivity index is 4.07. The molecule has 1 N–H and O–H groups in total. The molecule has 80 valence electrons. The van der Waals surface area contributed by atoms with Crippen LogP contribution in [0.25, 0.3) is 0 Å². The summed E-state index contributed by atoms with van der Waals surface area (Å²) in [7, 11) is -5.14. The monoisotopic (exact) mass is 219 g/mol. The highest BCUT2D eigenvalue weighted by Crippen LogP contribution is 2.21. The highest BCUT2D eigenvalue weighted by molar-refractivity contribution is 7.90. The van der Waals surface area contributed by atoms with E-state index in [1.54, 1.807) is 13.8 Å². The van der Waals surface area contributed by atoms with Crippen LogP contribution in [0, 0.1) is 5.92 Å². The highest BCUT2D eigenvalue weighted by atomic mass is 32.2. The van der Waals surface area contributed by atoms with Crippen molar-refractivity contribution in [2.24, 2.45) is 5.92 Å². The molecule has 0 saturated heterocycles. The maximum Gasteiger partial charge on any atom is 0.511 e. The molecule has 0 fully saturated rings. The fourth-order valence-electron chi connectivity index (χ4n) is 0.564. The largest absolute Gasteiger partial charge is 0.511 e. The van der Waals surface area contributed by atoms with Gasteiger partial charge in [0.05, 0.1) is 0 Å². The molecule has 0 spiro atoms. The Kier molecular flexibility index (Phi) is 4.18. The summed E-state index contributed by atoms with van der Waals surface area (Å²) in [5.41, 5.74) is -5.20. The maximum atomic E-state index is 11.7. The van der Waals surface area contributed by atoms with Crippen molar-refractivity contribution in [3.05, 3.63) is 0 Å². The van der Waals surface area contributed by atoms with E-state index in [1.807, 2.05) is 0 Å². The van der Waals surface area contributed by atoms with E-state index in [4.69, 9.17) is 0 Å². The average Bonchev–Trinajstić information content (AvgIpc) is 1.82. The molecular formula is C6H12F3NO2S. The van der Waals surface area contributed by atoms with E-state index >= 15 is 0 Å². The van der Waals surface area contributed by atoms with Crippen molar-refractivity contribution in [2.45, 2.75) is 25.8 Å². The van der Waals surface area contributed by atoms with Crippen LogP contribution in [0.4, 0.5) is 13.2 Å². The molecule has 0 aliphatic rings. The van der Waals surface area contributed by atoms with Crippen molar-refractivity contribution >= 4 is 10.0 Å². The zero-order chi connectivity index (χ0) is 10.7. The van der Waals surface area contributed by atoms with Gasteiger partial charge in [-0.1, -0.05) is 13.8 Å². The molecule has 0 aromatic rings. The van der Waals surface area contributed by atoms with Gasteiger partial charge in [-0.15, -0.1) is 0 Å². The van der Waals surface area contributed by atoms with Gasteiger partial charge in [0.25, 0.3) is 0 Å². The van der Waals surface area contributed by atoms with Crippen molar-refractivity contribution in [3.8, 4) is 0 Å². The van der Waals surface area contributed by atoms with E-state index in [0.717, 1.165) is 0 Å². The molecular weight excluding hydrogens is 207 g/mol. The number of nitrogens with one attached hydrogen (secondary N) is 1. The number of hydrogen-bond donors (Lipinski definition) is 1. The third kappa shape index (κ3) is 4.47. The van der Waals surface area contributed by atoms with Gasteiger partial charge in [-0.2, -0.15) is 13.2 Å². The Morgan fingerprint density at radius 2 is 1.77 bits per heavy atom. The first-order valence-corrected chi connectivity index (χ1v) is 5.21. The smallest absolute Gasteiger partial charge is 0.207 e. The molecule has 0 aliphatic carbocycles. The van der Waals surface area contributed by atoms with E-state index in [-0.39, 0.29) is 12.5 Å². The Labute approximate surface area is 75.4 Å². The van der Waals surface area contributed by atoms with Crippen LogP contribution in [-0.4, -0.2) is 20.5 Å². The molecule has 0 aliphatic heterocycles. The molecule has 0 bridgehead atoms. The minimum atomic E-state index is -5.20. The zero-order valence-electron chi connectivity index (χ0n) is 7.35. The second-order valence-electron chi connectivity index (χ2n) is 3.03. The van der Waals surface area contributed by atoms with Crippen LogP contribution in [0.3, 0.4) is 0 Å². The first-order chi connectivity index (χ1) is 5.67. The lowest BCUT2D eigenvalue weighted by Gasteiger charge is -2.10. The van der Waals surface area contributed by atoms with Crippen molar-refractivity contribution in [1.29, 1.82) is 0 Å². The summed E-state index contributed by atoms with van der Waals surface area (Å²) in [5.74, 6) is 0.163. The topological polar surface area (TPSA) is 46.2 Å². The van der Waals surface area contributed by atoms with E-state index < -0.39 is 15.5 Å². The Morgan fingerprint density at radius 1 is 1.31 bits per heavy atom. The number of rotatable bonds is 4. The molecule has 7 heteroatoms. The van der Waals surface area contributed by atoms with E-state index in [2.05, 4.69) is 0 Å². The minimum absolute atomic E-state index is 0.163. The minimum Gasteiger partial charge on any atom is -0.207 e. The molecule has 0 aromatic carbocycles. The summed E-state index contributed by atoms with van der Waals surface area (Å²) in [4.78, 5) is 0. The van der Waals surface area contributed by atoms with Crippen LogP contribution < -0.4 is 4.72 Å². The van der Waals surface area contributed by atoms with E-state index in [1.165, 1.54) is 4.72 Å². The summed E-state index contributed by atoms with van der Waals surface area (Å²) in [5, 5.41) is 0. The molecule has 0 aromatic heterocycles. The summed E-state index contributed by atoms with van der Waals surface area (Å²) >= 11 is 0. The second-order valence-corrected chi connectivity index (χ2v) is 4.78. The van der Waals surface area contributed by atoms with Gasteiger partial charge in [0.2, 0.25) is 0 Å². The van der Waals surface area contributed by atoms with Gasteiger partial charge in [-0.05, 0) is 12.3 Å². The molecule has 0 heterocycles. The average molecular weight is 219 g/mol. The zero-order valence-corrected chi connectivity index (χ0v) is 8.17. The van der Waals surface area contributed by atoms with Gasteiger partial charge in [0.1, 0.15) is 0 Å². The van der Waals surface area contributed by atoms with Gasteiger partial charge in [0, 0.05) is 6.54 Å². The lowest BCUT2D eigenvalue weighted by Crippen LogP contribution is -2.37. The van der Waals surface area contributed by atoms with Crippen molar-refractivity contribution in [2.75, 3.05) is 6.54 Å². The first kappa shape index (κ1) is 12.7. The Bertz CT molecular complexity index is 245. The van der Waals surface area contributed by atoms with Crippen LogP contribution in [-0.2, 0) is 10.0 Å². The SMILES string of the molecule is CC(C)CCNS(=O)(=O)C(F)(F)F. The molecule has 0 unspecified atom stereocenters. The molecule has 13 heavy (non-hydrogen) atoms. The summed E-state index contributed by atoms with van der Waals surface area (Å²) < 4.78 is 57.4. The van der Waals surface area contributed by atoms with Gasteiger partial charge < -0.3 is 0 Å². The normalized spacial score (nSPS) is 13.7. The van der Waals surface area contributed by atoms with Gasteiger partial charge in [-0.3, -0.25) is 0 Å². The lowest BCUT2D eigenvalue weighted by molar-refractivity contribution is -0.0447. The maximum absolute atomic E-state index is 11.7. The van der Waals surface area contributed by atoms with E-state index in [9.17, 15) is 21.6 Å².